The number of nitrogens with zero attached hydrogens (tertiary/aromatic N) is 1. The summed E-state index contributed by atoms with van der Waals surface area (Å²) in [6.45, 7) is 2.93. The van der Waals surface area contributed by atoms with Crippen molar-refractivity contribution in [2.45, 2.75) is 38.1 Å². The molecule has 1 aliphatic rings. The Balaban J connectivity index is 1.62. The molecule has 0 aliphatic heterocycles. The topological polar surface area (TPSA) is 48.1 Å². The molecule has 3 rings (SSSR count). The maximum atomic E-state index is 10.3. The highest BCUT2D eigenvalue weighted by Gasteiger charge is 2.35. The fourth-order valence-corrected chi connectivity index (χ4v) is 3.45. The second-order valence-electron chi connectivity index (χ2n) is 7.17. The molecule has 1 aromatic heterocycles. The molecule has 1 fully saturated rings. The summed E-state index contributed by atoms with van der Waals surface area (Å²) >= 11 is 0. The fraction of sp³-hybridized carbons (Fsp3) is 0.455. The molecule has 27 heavy (non-hydrogen) atoms. The van der Waals surface area contributed by atoms with Gasteiger partial charge >= 0.3 is 0 Å². The minimum absolute atomic E-state index is 0.249. The largest absolute Gasteiger partial charge is 0.497 e. The van der Waals surface area contributed by atoms with E-state index >= 15 is 0 Å². The van der Waals surface area contributed by atoms with E-state index in [9.17, 15) is 5.11 Å². The molecule has 2 aromatic rings. The van der Waals surface area contributed by atoms with Crippen LogP contribution in [0.4, 0.5) is 0 Å². The molecule has 0 radical (unpaired) electrons. The predicted molar refractivity (Wildman–Crippen MR) is 105 cm³/mol. The van der Waals surface area contributed by atoms with E-state index in [1.54, 1.807) is 7.11 Å². The SMILES string of the molecule is C#CCOC[C@H](O)C[NH+](Cc1cccn1Cc1cccc(OC)c1)C1CC1. The molecule has 2 atom stereocenters. The first kappa shape index (κ1) is 19.5. The molecule has 1 aromatic carbocycles. The summed E-state index contributed by atoms with van der Waals surface area (Å²) in [7, 11) is 1.69. The number of rotatable bonds is 11. The highest BCUT2D eigenvalue weighted by molar-refractivity contribution is 5.29. The van der Waals surface area contributed by atoms with Crippen LogP contribution in [0.3, 0.4) is 0 Å². The Morgan fingerprint density at radius 3 is 2.93 bits per heavy atom. The van der Waals surface area contributed by atoms with Crippen LogP contribution in [-0.2, 0) is 17.8 Å². The van der Waals surface area contributed by atoms with Gasteiger partial charge < -0.3 is 24.0 Å². The zero-order valence-corrected chi connectivity index (χ0v) is 15.9. The lowest BCUT2D eigenvalue weighted by Gasteiger charge is -2.23. The van der Waals surface area contributed by atoms with Gasteiger partial charge in [0, 0.05) is 25.6 Å². The van der Waals surface area contributed by atoms with E-state index in [2.05, 4.69) is 40.9 Å². The Morgan fingerprint density at radius 1 is 1.33 bits per heavy atom. The van der Waals surface area contributed by atoms with Crippen LogP contribution in [0, 0.1) is 12.3 Å². The Bertz CT molecular complexity index is 761. The van der Waals surface area contributed by atoms with Gasteiger partial charge in [0.2, 0.25) is 0 Å². The Hall–Kier alpha value is -2.26. The number of aromatic nitrogens is 1. The van der Waals surface area contributed by atoms with E-state index in [1.165, 1.54) is 29.0 Å². The third-order valence-electron chi connectivity index (χ3n) is 4.97. The molecule has 0 amide bonds. The summed E-state index contributed by atoms with van der Waals surface area (Å²) < 4.78 is 12.9. The van der Waals surface area contributed by atoms with E-state index < -0.39 is 6.10 Å². The van der Waals surface area contributed by atoms with Crippen molar-refractivity contribution in [3.63, 3.8) is 0 Å². The van der Waals surface area contributed by atoms with Gasteiger partial charge in [0.05, 0.1) is 25.5 Å². The van der Waals surface area contributed by atoms with Gasteiger partial charge in [-0.2, -0.15) is 0 Å². The quantitative estimate of drug-likeness (QED) is 0.461. The number of hydrogen-bond donors (Lipinski definition) is 2. The number of methoxy groups -OCH3 is 1. The summed E-state index contributed by atoms with van der Waals surface area (Å²) in [5.74, 6) is 3.31. The van der Waals surface area contributed by atoms with Crippen molar-refractivity contribution >= 4 is 0 Å². The van der Waals surface area contributed by atoms with E-state index in [0.29, 0.717) is 19.2 Å². The molecule has 1 heterocycles. The standard InChI is InChI=1S/C22H28N2O3/c1-3-12-27-17-21(25)16-24(19-9-10-19)15-20-7-5-11-23(20)14-18-6-4-8-22(13-18)26-2/h1,4-8,11,13,19,21,25H,9-10,12,14-17H2,2H3/p+1/t21-/m1/s1. The normalized spacial score (nSPS) is 15.9. The van der Waals surface area contributed by atoms with Crippen LogP contribution in [-0.4, -0.2) is 48.7 Å². The predicted octanol–water partition coefficient (Wildman–Crippen LogP) is 1.10. The summed E-state index contributed by atoms with van der Waals surface area (Å²) in [5.41, 5.74) is 2.49. The fourth-order valence-electron chi connectivity index (χ4n) is 3.45. The molecule has 0 saturated heterocycles. The monoisotopic (exact) mass is 369 g/mol. The molecule has 144 valence electrons. The van der Waals surface area contributed by atoms with Crippen molar-refractivity contribution in [1.82, 2.24) is 4.57 Å². The highest BCUT2D eigenvalue weighted by atomic mass is 16.5. The zero-order valence-electron chi connectivity index (χ0n) is 15.9. The van der Waals surface area contributed by atoms with Crippen LogP contribution in [0.15, 0.2) is 42.6 Å². The van der Waals surface area contributed by atoms with Crippen LogP contribution in [0.25, 0.3) is 0 Å². The molecule has 5 nitrogen and oxygen atoms in total. The molecule has 5 heteroatoms. The van der Waals surface area contributed by atoms with Gasteiger partial charge in [0.25, 0.3) is 0 Å². The van der Waals surface area contributed by atoms with Crippen LogP contribution in [0.5, 0.6) is 5.75 Å². The van der Waals surface area contributed by atoms with Gasteiger partial charge in [-0.25, -0.2) is 0 Å². The molecule has 1 unspecified atom stereocenters. The van der Waals surface area contributed by atoms with E-state index in [4.69, 9.17) is 15.9 Å². The van der Waals surface area contributed by atoms with E-state index in [1.807, 2.05) is 12.1 Å². The lowest BCUT2D eigenvalue weighted by Crippen LogP contribution is -3.13. The Kier molecular flexibility index (Phi) is 6.94. The molecular weight excluding hydrogens is 340 g/mol. The minimum atomic E-state index is -0.490. The maximum absolute atomic E-state index is 10.3. The van der Waals surface area contributed by atoms with E-state index in [0.717, 1.165) is 18.8 Å². The van der Waals surface area contributed by atoms with Gasteiger partial charge in [-0.1, -0.05) is 18.1 Å². The summed E-state index contributed by atoms with van der Waals surface area (Å²) in [6.07, 6.45) is 9.27. The molecule has 1 aliphatic carbocycles. The first-order valence-electron chi connectivity index (χ1n) is 9.50. The smallest absolute Gasteiger partial charge is 0.126 e. The Labute approximate surface area is 161 Å². The van der Waals surface area contributed by atoms with Crippen molar-refractivity contribution in [3.05, 3.63) is 53.9 Å². The highest BCUT2D eigenvalue weighted by Crippen LogP contribution is 2.17. The van der Waals surface area contributed by atoms with Crippen molar-refractivity contribution in [2.24, 2.45) is 0 Å². The molecule has 0 bridgehead atoms. The minimum Gasteiger partial charge on any atom is -0.497 e. The van der Waals surface area contributed by atoms with Crippen LogP contribution in [0.2, 0.25) is 0 Å². The number of aliphatic hydroxyl groups excluding tert-OH is 1. The average molecular weight is 369 g/mol. The first-order chi connectivity index (χ1) is 13.2. The van der Waals surface area contributed by atoms with Gasteiger partial charge in [0.1, 0.15) is 31.5 Å². The van der Waals surface area contributed by atoms with Crippen LogP contribution < -0.4 is 9.64 Å². The van der Waals surface area contributed by atoms with Gasteiger partial charge in [-0.15, -0.1) is 6.42 Å². The molecule has 0 spiro atoms. The number of nitrogens with one attached hydrogen (secondary N) is 1. The zero-order chi connectivity index (χ0) is 19.1. The third kappa shape index (κ3) is 5.86. The van der Waals surface area contributed by atoms with Crippen molar-refractivity contribution in [3.8, 4) is 18.1 Å². The number of hydrogen-bond acceptors (Lipinski definition) is 3. The number of benzene rings is 1. The van der Waals surface area contributed by atoms with Crippen molar-refractivity contribution in [1.29, 1.82) is 0 Å². The van der Waals surface area contributed by atoms with Gasteiger partial charge in [0.15, 0.2) is 0 Å². The maximum Gasteiger partial charge on any atom is 0.126 e. The van der Waals surface area contributed by atoms with Gasteiger partial charge in [-0.3, -0.25) is 0 Å². The lowest BCUT2D eigenvalue weighted by molar-refractivity contribution is -0.928. The number of aliphatic hydroxyl groups is 1. The van der Waals surface area contributed by atoms with Crippen LogP contribution in [0.1, 0.15) is 24.1 Å². The first-order valence-corrected chi connectivity index (χ1v) is 9.50. The Morgan fingerprint density at radius 2 is 2.19 bits per heavy atom. The number of quaternary nitrogens is 1. The summed E-state index contributed by atoms with van der Waals surface area (Å²) in [4.78, 5) is 1.41. The second-order valence-corrected chi connectivity index (χ2v) is 7.17. The number of ether oxygens (including phenoxy) is 2. The third-order valence-corrected chi connectivity index (χ3v) is 4.97. The summed E-state index contributed by atoms with van der Waals surface area (Å²) in [6, 6.07) is 13.1. The second kappa shape index (κ2) is 9.61. The van der Waals surface area contributed by atoms with Crippen molar-refractivity contribution in [2.75, 3.05) is 26.9 Å². The van der Waals surface area contributed by atoms with Gasteiger partial charge in [-0.05, 0) is 29.8 Å². The molecular formula is C22H29N2O3+. The van der Waals surface area contributed by atoms with E-state index in [-0.39, 0.29) is 6.61 Å². The van der Waals surface area contributed by atoms with Crippen LogP contribution >= 0.6 is 0 Å². The van der Waals surface area contributed by atoms with Crippen molar-refractivity contribution < 1.29 is 19.5 Å². The molecule has 2 N–H and O–H groups in total. The average Bonchev–Trinajstić information content (AvgIpc) is 3.44. The lowest BCUT2D eigenvalue weighted by atomic mass is 10.2. The summed E-state index contributed by atoms with van der Waals surface area (Å²) in [5, 5.41) is 10.3. The number of terminal acetylenes is 1. The molecule has 1 saturated carbocycles.